The van der Waals surface area contributed by atoms with Crippen LogP contribution in [0.3, 0.4) is 0 Å². The standard InChI is InChI=1S/C11H24N2O2/c1-13(2)6-7-15-11(9-14-3)8-12-10-4-5-10/h10-12H,4-9H2,1-3H3. The number of hydrogen-bond acceptors (Lipinski definition) is 4. The van der Waals surface area contributed by atoms with Crippen LogP contribution in [-0.4, -0.2) is 64.6 Å². The molecule has 1 unspecified atom stereocenters. The van der Waals surface area contributed by atoms with Crippen LogP contribution in [0.15, 0.2) is 0 Å². The Hall–Kier alpha value is -0.160. The number of nitrogens with zero attached hydrogens (tertiary/aromatic N) is 1. The molecule has 0 aromatic heterocycles. The maximum atomic E-state index is 5.74. The van der Waals surface area contributed by atoms with Gasteiger partial charge in [0.1, 0.15) is 0 Å². The van der Waals surface area contributed by atoms with Crippen molar-refractivity contribution >= 4 is 0 Å². The van der Waals surface area contributed by atoms with Gasteiger partial charge in [-0.1, -0.05) is 0 Å². The summed E-state index contributed by atoms with van der Waals surface area (Å²) < 4.78 is 10.9. The van der Waals surface area contributed by atoms with Crippen LogP contribution in [0.25, 0.3) is 0 Å². The summed E-state index contributed by atoms with van der Waals surface area (Å²) in [6.07, 6.45) is 2.82. The molecule has 0 spiro atoms. The van der Waals surface area contributed by atoms with E-state index in [0.717, 1.165) is 25.7 Å². The van der Waals surface area contributed by atoms with E-state index in [1.54, 1.807) is 7.11 Å². The van der Waals surface area contributed by atoms with Crippen LogP contribution in [0, 0.1) is 0 Å². The predicted octanol–water partition coefficient (Wildman–Crippen LogP) is 0.332. The fraction of sp³-hybridized carbons (Fsp3) is 1.00. The molecular weight excluding hydrogens is 192 g/mol. The quantitative estimate of drug-likeness (QED) is 0.602. The summed E-state index contributed by atoms with van der Waals surface area (Å²) in [6.45, 7) is 3.32. The zero-order valence-corrected chi connectivity index (χ0v) is 10.2. The molecule has 0 amide bonds. The van der Waals surface area contributed by atoms with Gasteiger partial charge in [-0.2, -0.15) is 0 Å². The Bertz CT molecular complexity index is 161. The van der Waals surface area contributed by atoms with Crippen LogP contribution in [0.4, 0.5) is 0 Å². The van der Waals surface area contributed by atoms with Gasteiger partial charge in [0.2, 0.25) is 0 Å². The number of hydrogen-bond donors (Lipinski definition) is 1. The first kappa shape index (κ1) is 12.9. The Morgan fingerprint density at radius 1 is 1.40 bits per heavy atom. The highest BCUT2D eigenvalue weighted by molar-refractivity contribution is 4.82. The molecule has 90 valence electrons. The van der Waals surface area contributed by atoms with E-state index in [0.29, 0.717) is 6.61 Å². The second-order valence-corrected chi connectivity index (χ2v) is 4.43. The van der Waals surface area contributed by atoms with Gasteiger partial charge in [0, 0.05) is 26.2 Å². The van der Waals surface area contributed by atoms with Crippen molar-refractivity contribution in [3.63, 3.8) is 0 Å². The topological polar surface area (TPSA) is 33.7 Å². The van der Waals surface area contributed by atoms with Crippen LogP contribution < -0.4 is 5.32 Å². The molecule has 1 atom stereocenters. The average Bonchev–Trinajstić information content (AvgIpc) is 2.97. The monoisotopic (exact) mass is 216 g/mol. The van der Waals surface area contributed by atoms with Crippen molar-refractivity contribution in [2.75, 3.05) is 47.5 Å². The zero-order valence-electron chi connectivity index (χ0n) is 10.2. The molecule has 0 bridgehead atoms. The molecule has 0 aromatic rings. The second-order valence-electron chi connectivity index (χ2n) is 4.43. The Labute approximate surface area is 92.9 Å². The van der Waals surface area contributed by atoms with E-state index >= 15 is 0 Å². The number of nitrogens with one attached hydrogen (secondary N) is 1. The zero-order chi connectivity index (χ0) is 11.1. The third-order valence-corrected chi connectivity index (χ3v) is 2.46. The Morgan fingerprint density at radius 3 is 2.67 bits per heavy atom. The van der Waals surface area contributed by atoms with Crippen LogP contribution in [0.1, 0.15) is 12.8 Å². The van der Waals surface area contributed by atoms with Gasteiger partial charge < -0.3 is 19.7 Å². The smallest absolute Gasteiger partial charge is 0.0933 e. The number of likely N-dealkylation sites (N-methyl/N-ethyl adjacent to an activating group) is 1. The largest absolute Gasteiger partial charge is 0.382 e. The van der Waals surface area contributed by atoms with Crippen molar-refractivity contribution in [1.29, 1.82) is 0 Å². The maximum absolute atomic E-state index is 5.74. The van der Waals surface area contributed by atoms with Crippen LogP contribution in [-0.2, 0) is 9.47 Å². The summed E-state index contributed by atoms with van der Waals surface area (Å²) in [5.41, 5.74) is 0. The van der Waals surface area contributed by atoms with Gasteiger partial charge in [0.25, 0.3) is 0 Å². The minimum absolute atomic E-state index is 0.190. The minimum atomic E-state index is 0.190. The molecule has 1 N–H and O–H groups in total. The molecule has 1 fully saturated rings. The molecular formula is C11H24N2O2. The first-order valence-corrected chi connectivity index (χ1v) is 5.71. The van der Waals surface area contributed by atoms with E-state index in [1.165, 1.54) is 12.8 Å². The highest BCUT2D eigenvalue weighted by atomic mass is 16.5. The first-order chi connectivity index (χ1) is 7.22. The van der Waals surface area contributed by atoms with Crippen molar-refractivity contribution in [2.45, 2.75) is 25.0 Å². The van der Waals surface area contributed by atoms with E-state index in [1.807, 2.05) is 0 Å². The van der Waals surface area contributed by atoms with E-state index in [9.17, 15) is 0 Å². The maximum Gasteiger partial charge on any atom is 0.0933 e. The lowest BCUT2D eigenvalue weighted by molar-refractivity contribution is -0.00569. The lowest BCUT2D eigenvalue weighted by Gasteiger charge is -2.19. The van der Waals surface area contributed by atoms with E-state index < -0.39 is 0 Å². The fourth-order valence-corrected chi connectivity index (χ4v) is 1.34. The lowest BCUT2D eigenvalue weighted by Crippen LogP contribution is -2.35. The van der Waals surface area contributed by atoms with Gasteiger partial charge >= 0.3 is 0 Å². The van der Waals surface area contributed by atoms with Crippen LogP contribution in [0.5, 0.6) is 0 Å². The third kappa shape index (κ3) is 6.84. The number of rotatable bonds is 9. The molecule has 1 aliphatic carbocycles. The van der Waals surface area contributed by atoms with E-state index in [-0.39, 0.29) is 6.10 Å². The Balaban J connectivity index is 2.05. The number of methoxy groups -OCH3 is 1. The van der Waals surface area contributed by atoms with Gasteiger partial charge in [-0.05, 0) is 26.9 Å². The fourth-order valence-electron chi connectivity index (χ4n) is 1.34. The SMILES string of the molecule is COCC(CNC1CC1)OCCN(C)C. The van der Waals surface area contributed by atoms with Crippen molar-refractivity contribution < 1.29 is 9.47 Å². The van der Waals surface area contributed by atoms with Crippen molar-refractivity contribution in [2.24, 2.45) is 0 Å². The van der Waals surface area contributed by atoms with Crippen molar-refractivity contribution in [3.8, 4) is 0 Å². The molecule has 15 heavy (non-hydrogen) atoms. The van der Waals surface area contributed by atoms with Crippen LogP contribution in [0.2, 0.25) is 0 Å². The highest BCUT2D eigenvalue weighted by Gasteiger charge is 2.22. The molecule has 0 saturated heterocycles. The van der Waals surface area contributed by atoms with Crippen molar-refractivity contribution in [1.82, 2.24) is 10.2 Å². The van der Waals surface area contributed by atoms with Gasteiger partial charge in [-0.15, -0.1) is 0 Å². The first-order valence-electron chi connectivity index (χ1n) is 5.71. The third-order valence-electron chi connectivity index (χ3n) is 2.46. The lowest BCUT2D eigenvalue weighted by atomic mass is 10.3. The van der Waals surface area contributed by atoms with Gasteiger partial charge in [0.05, 0.1) is 19.3 Å². The Morgan fingerprint density at radius 2 is 2.13 bits per heavy atom. The molecule has 1 saturated carbocycles. The van der Waals surface area contributed by atoms with Gasteiger partial charge in [-0.3, -0.25) is 0 Å². The summed E-state index contributed by atoms with van der Waals surface area (Å²) in [7, 11) is 5.83. The summed E-state index contributed by atoms with van der Waals surface area (Å²) in [5.74, 6) is 0. The molecule has 0 radical (unpaired) electrons. The van der Waals surface area contributed by atoms with E-state index in [4.69, 9.17) is 9.47 Å². The normalized spacial score (nSPS) is 18.4. The summed E-state index contributed by atoms with van der Waals surface area (Å²) >= 11 is 0. The van der Waals surface area contributed by atoms with Crippen LogP contribution >= 0.6 is 0 Å². The molecule has 1 aliphatic rings. The highest BCUT2D eigenvalue weighted by Crippen LogP contribution is 2.18. The predicted molar refractivity (Wildman–Crippen MR) is 61.2 cm³/mol. The Kier molecular flexibility index (Phi) is 6.17. The average molecular weight is 216 g/mol. The molecule has 4 nitrogen and oxygen atoms in total. The van der Waals surface area contributed by atoms with Gasteiger partial charge in [0.15, 0.2) is 0 Å². The van der Waals surface area contributed by atoms with Gasteiger partial charge in [-0.25, -0.2) is 0 Å². The second kappa shape index (κ2) is 7.17. The molecule has 0 heterocycles. The molecule has 0 aromatic carbocycles. The van der Waals surface area contributed by atoms with E-state index in [2.05, 4.69) is 24.3 Å². The summed E-state index contributed by atoms with van der Waals surface area (Å²) in [5, 5.41) is 3.46. The summed E-state index contributed by atoms with van der Waals surface area (Å²) in [4.78, 5) is 2.12. The summed E-state index contributed by atoms with van der Waals surface area (Å²) in [6, 6.07) is 0.738. The molecule has 0 aliphatic heterocycles. The minimum Gasteiger partial charge on any atom is -0.382 e. The molecule has 1 rings (SSSR count). The number of ether oxygens (including phenoxy) is 2. The molecule has 4 heteroatoms. The van der Waals surface area contributed by atoms with Crippen molar-refractivity contribution in [3.05, 3.63) is 0 Å².